The van der Waals surface area contributed by atoms with Gasteiger partial charge in [-0.15, -0.1) is 0 Å². The van der Waals surface area contributed by atoms with Crippen LogP contribution in [0.3, 0.4) is 0 Å². The molecule has 4 rings (SSSR count). The summed E-state index contributed by atoms with van der Waals surface area (Å²) < 4.78 is 21.2. The van der Waals surface area contributed by atoms with Gasteiger partial charge >= 0.3 is 0 Å². The molecule has 0 spiro atoms. The highest BCUT2D eigenvalue weighted by molar-refractivity contribution is 5.96. The number of nitrogens with zero attached hydrogens (tertiary/aromatic N) is 3. The van der Waals surface area contributed by atoms with Gasteiger partial charge in [0.2, 0.25) is 5.91 Å². The molecule has 1 aliphatic carbocycles. The van der Waals surface area contributed by atoms with Gasteiger partial charge < -0.3 is 19.1 Å². The number of ether oxygens (including phenoxy) is 1. The lowest BCUT2D eigenvalue weighted by molar-refractivity contribution is -0.135. The van der Waals surface area contributed by atoms with Crippen molar-refractivity contribution in [3.63, 3.8) is 0 Å². The van der Waals surface area contributed by atoms with E-state index >= 15 is 0 Å². The first kappa shape index (κ1) is 32.5. The Labute approximate surface area is 256 Å². The van der Waals surface area contributed by atoms with Crippen molar-refractivity contribution in [3.8, 4) is 0 Å². The van der Waals surface area contributed by atoms with E-state index in [1.54, 1.807) is 17.0 Å². The fraction of sp³-hybridized carbons (Fsp3) is 0.500. The first-order chi connectivity index (χ1) is 20.7. The Balaban J connectivity index is 1.54. The normalized spacial score (nSPS) is 14.1. The smallest absolute Gasteiger partial charge is 0.254 e. The van der Waals surface area contributed by atoms with E-state index in [1.807, 2.05) is 48.4 Å². The Bertz CT molecular complexity index is 1300. The quantitative estimate of drug-likeness (QED) is 0.198. The molecule has 232 valence electrons. The Kier molecular flexibility index (Phi) is 11.6. The lowest BCUT2D eigenvalue weighted by atomic mass is 9.86. The van der Waals surface area contributed by atoms with Crippen molar-refractivity contribution in [3.05, 3.63) is 95.1 Å². The average Bonchev–Trinajstić information content (AvgIpc) is 3.44. The van der Waals surface area contributed by atoms with Gasteiger partial charge in [-0.1, -0.05) is 64.3 Å². The summed E-state index contributed by atoms with van der Waals surface area (Å²) in [5, 5.41) is 0. The number of hydrogen-bond donors (Lipinski definition) is 0. The van der Waals surface area contributed by atoms with E-state index in [0.29, 0.717) is 44.8 Å². The lowest BCUT2D eigenvalue weighted by Gasteiger charge is -2.36. The molecule has 0 radical (unpaired) electrons. The van der Waals surface area contributed by atoms with E-state index < -0.39 is 0 Å². The van der Waals surface area contributed by atoms with Crippen LogP contribution in [0.25, 0.3) is 0 Å². The standard InChI is InChI=1S/C36H48FN3O3/c1-5-43-24-10-23-39(35(42)29-16-18-30(19-17-29)36(2,3)4)27-34(41)40(32-11-7-6-8-12-32)26-33-13-9-22-38(33)25-28-14-20-31(37)21-15-28/h9,13-22,32H,5-8,10-12,23-27H2,1-4H3. The molecule has 1 heterocycles. The molecule has 0 unspecified atom stereocenters. The number of hydrogen-bond acceptors (Lipinski definition) is 3. The second-order valence-electron chi connectivity index (χ2n) is 12.7. The fourth-order valence-corrected chi connectivity index (χ4v) is 5.83. The second-order valence-corrected chi connectivity index (χ2v) is 12.7. The van der Waals surface area contributed by atoms with Gasteiger partial charge in [-0.05, 0) is 79.1 Å². The van der Waals surface area contributed by atoms with E-state index in [0.717, 1.165) is 42.5 Å². The van der Waals surface area contributed by atoms with Crippen LogP contribution in [0.15, 0.2) is 66.9 Å². The number of amides is 2. The first-order valence-electron chi connectivity index (χ1n) is 15.8. The Morgan fingerprint density at radius 2 is 1.67 bits per heavy atom. The van der Waals surface area contributed by atoms with Crippen LogP contribution in [-0.2, 0) is 28.0 Å². The van der Waals surface area contributed by atoms with Crippen molar-refractivity contribution in [2.45, 2.75) is 90.8 Å². The van der Waals surface area contributed by atoms with E-state index in [4.69, 9.17) is 4.74 Å². The van der Waals surface area contributed by atoms with Crippen molar-refractivity contribution in [1.82, 2.24) is 14.4 Å². The van der Waals surface area contributed by atoms with E-state index in [1.165, 1.54) is 18.6 Å². The zero-order valence-corrected chi connectivity index (χ0v) is 26.4. The molecule has 7 heteroatoms. The number of carbonyl (C=O) groups excluding carboxylic acids is 2. The SMILES string of the molecule is CCOCCCN(CC(=O)N(Cc1cccn1Cc1ccc(F)cc1)C1CCCCC1)C(=O)c1ccc(C(C)(C)C)cc1. The van der Waals surface area contributed by atoms with E-state index in [2.05, 4.69) is 31.4 Å². The fourth-order valence-electron chi connectivity index (χ4n) is 5.83. The third kappa shape index (κ3) is 9.27. The number of rotatable bonds is 13. The van der Waals surface area contributed by atoms with Gasteiger partial charge in [0, 0.05) is 49.8 Å². The topological polar surface area (TPSA) is 54.8 Å². The van der Waals surface area contributed by atoms with Gasteiger partial charge in [0.25, 0.3) is 5.91 Å². The van der Waals surface area contributed by atoms with Gasteiger partial charge in [-0.25, -0.2) is 4.39 Å². The van der Waals surface area contributed by atoms with Gasteiger partial charge in [0.15, 0.2) is 0 Å². The van der Waals surface area contributed by atoms with Crippen molar-refractivity contribution in [1.29, 1.82) is 0 Å². The highest BCUT2D eigenvalue weighted by Gasteiger charge is 2.29. The molecule has 2 aromatic carbocycles. The van der Waals surface area contributed by atoms with Gasteiger partial charge in [0.1, 0.15) is 12.4 Å². The molecule has 0 bridgehead atoms. The van der Waals surface area contributed by atoms with Crippen LogP contribution >= 0.6 is 0 Å². The van der Waals surface area contributed by atoms with Crippen molar-refractivity contribution < 1.29 is 18.7 Å². The van der Waals surface area contributed by atoms with Gasteiger partial charge in [-0.2, -0.15) is 0 Å². The van der Waals surface area contributed by atoms with Crippen LogP contribution in [0.1, 0.15) is 93.4 Å². The molecule has 1 saturated carbocycles. The highest BCUT2D eigenvalue weighted by Crippen LogP contribution is 2.26. The van der Waals surface area contributed by atoms with E-state index in [9.17, 15) is 14.0 Å². The summed E-state index contributed by atoms with van der Waals surface area (Å²) in [4.78, 5) is 31.6. The van der Waals surface area contributed by atoms with E-state index in [-0.39, 0.29) is 35.6 Å². The molecule has 0 saturated heterocycles. The molecule has 1 aromatic heterocycles. The van der Waals surface area contributed by atoms with Crippen LogP contribution in [0, 0.1) is 5.82 Å². The zero-order chi connectivity index (χ0) is 30.8. The maximum atomic E-state index is 14.1. The third-order valence-corrected chi connectivity index (χ3v) is 8.39. The van der Waals surface area contributed by atoms with Crippen LogP contribution < -0.4 is 0 Å². The lowest BCUT2D eigenvalue weighted by Crippen LogP contribution is -2.48. The van der Waals surface area contributed by atoms with Crippen molar-refractivity contribution >= 4 is 11.8 Å². The van der Waals surface area contributed by atoms with Crippen LogP contribution in [0.4, 0.5) is 4.39 Å². The summed E-state index contributed by atoms with van der Waals surface area (Å²) in [6.07, 6.45) is 7.99. The molecule has 3 aromatic rings. The molecule has 6 nitrogen and oxygen atoms in total. The highest BCUT2D eigenvalue weighted by atomic mass is 19.1. The van der Waals surface area contributed by atoms with Crippen LogP contribution in [0.2, 0.25) is 0 Å². The predicted molar refractivity (Wildman–Crippen MR) is 170 cm³/mol. The zero-order valence-electron chi connectivity index (χ0n) is 26.4. The molecule has 0 N–H and O–H groups in total. The third-order valence-electron chi connectivity index (χ3n) is 8.39. The van der Waals surface area contributed by atoms with Crippen LogP contribution in [-0.4, -0.2) is 58.5 Å². The largest absolute Gasteiger partial charge is 0.382 e. The monoisotopic (exact) mass is 589 g/mol. The molecule has 1 fully saturated rings. The molecule has 1 aliphatic rings. The Morgan fingerprint density at radius 1 is 0.977 bits per heavy atom. The molecule has 0 aliphatic heterocycles. The molecular weight excluding hydrogens is 541 g/mol. The summed E-state index contributed by atoms with van der Waals surface area (Å²) in [5.74, 6) is -0.415. The van der Waals surface area contributed by atoms with Gasteiger partial charge in [-0.3, -0.25) is 9.59 Å². The second kappa shape index (κ2) is 15.3. The minimum Gasteiger partial charge on any atom is -0.382 e. The number of carbonyl (C=O) groups is 2. The molecule has 2 amide bonds. The van der Waals surface area contributed by atoms with Crippen molar-refractivity contribution in [2.75, 3.05) is 26.3 Å². The van der Waals surface area contributed by atoms with Gasteiger partial charge in [0.05, 0.1) is 6.54 Å². The number of aromatic nitrogens is 1. The Hall–Kier alpha value is -3.45. The summed E-state index contributed by atoms with van der Waals surface area (Å²) >= 11 is 0. The minimum atomic E-state index is -0.254. The Morgan fingerprint density at radius 3 is 2.33 bits per heavy atom. The average molecular weight is 590 g/mol. The molecule has 0 atom stereocenters. The summed E-state index contributed by atoms with van der Waals surface area (Å²) in [7, 11) is 0. The minimum absolute atomic E-state index is 0.0103. The predicted octanol–water partition coefficient (Wildman–Crippen LogP) is 7.20. The van der Waals surface area contributed by atoms with Crippen LogP contribution in [0.5, 0.6) is 0 Å². The van der Waals surface area contributed by atoms with Crippen molar-refractivity contribution in [2.24, 2.45) is 0 Å². The summed E-state index contributed by atoms with van der Waals surface area (Å²) in [5.41, 5.74) is 3.77. The maximum Gasteiger partial charge on any atom is 0.254 e. The molecular formula is C36H48FN3O3. The molecule has 43 heavy (non-hydrogen) atoms. The first-order valence-corrected chi connectivity index (χ1v) is 15.8. The number of halogens is 1. The summed E-state index contributed by atoms with van der Waals surface area (Å²) in [6, 6.07) is 18.5. The maximum absolute atomic E-state index is 14.1. The summed E-state index contributed by atoms with van der Waals surface area (Å²) in [6.45, 7) is 11.1. The number of benzene rings is 2.